The van der Waals surface area contributed by atoms with E-state index in [1.807, 2.05) is 24.3 Å². The Bertz CT molecular complexity index is 581. The van der Waals surface area contributed by atoms with E-state index in [-0.39, 0.29) is 17.9 Å². The fourth-order valence-corrected chi connectivity index (χ4v) is 4.65. The molecule has 2 aliphatic rings. The predicted octanol–water partition coefficient (Wildman–Crippen LogP) is 3.50. The summed E-state index contributed by atoms with van der Waals surface area (Å²) in [5, 5.41) is 0. The van der Waals surface area contributed by atoms with Crippen LogP contribution in [0.25, 0.3) is 0 Å². The number of likely N-dealkylation sites (tertiary alicyclic amines) is 1. The zero-order valence-corrected chi connectivity index (χ0v) is 14.6. The molecule has 1 heterocycles. The van der Waals surface area contributed by atoms with Crippen molar-refractivity contribution in [2.24, 2.45) is 10.8 Å². The lowest BCUT2D eigenvalue weighted by Gasteiger charge is -2.39. The Hall–Kier alpha value is -1.71. The molecule has 1 amide bonds. The van der Waals surface area contributed by atoms with Gasteiger partial charge in [0, 0.05) is 12.6 Å². The number of methoxy groups -OCH3 is 1. The minimum Gasteiger partial charge on any atom is -0.497 e. The van der Waals surface area contributed by atoms with Crippen molar-refractivity contribution in [2.75, 3.05) is 20.3 Å². The monoisotopic (exact) mass is 317 g/mol. The summed E-state index contributed by atoms with van der Waals surface area (Å²) in [4.78, 5) is 14.7. The lowest BCUT2D eigenvalue weighted by molar-refractivity contribution is -0.134. The second kappa shape index (κ2) is 5.73. The van der Waals surface area contributed by atoms with Crippen LogP contribution in [0.4, 0.5) is 0 Å². The fourth-order valence-electron chi connectivity index (χ4n) is 4.65. The van der Waals surface area contributed by atoms with Crippen molar-refractivity contribution < 1.29 is 14.3 Å². The summed E-state index contributed by atoms with van der Waals surface area (Å²) in [6.07, 6.45) is 3.42. The zero-order chi connectivity index (χ0) is 16.7. The highest BCUT2D eigenvalue weighted by atomic mass is 16.5. The number of nitrogens with zero attached hydrogens (tertiary/aromatic N) is 1. The lowest BCUT2D eigenvalue weighted by atomic mass is 9.65. The van der Waals surface area contributed by atoms with E-state index in [2.05, 4.69) is 25.7 Å². The third kappa shape index (κ3) is 3.46. The SMILES string of the molecule is COc1ccc(OCC(=O)N2C[C@@]3(C)C[C@@H]2CC(C)(C)C3)cc1. The second-order valence-corrected chi connectivity index (χ2v) is 8.20. The summed E-state index contributed by atoms with van der Waals surface area (Å²) in [5.74, 6) is 1.59. The van der Waals surface area contributed by atoms with Crippen molar-refractivity contribution in [3.8, 4) is 11.5 Å². The smallest absolute Gasteiger partial charge is 0.260 e. The van der Waals surface area contributed by atoms with Crippen LogP contribution in [0.5, 0.6) is 11.5 Å². The van der Waals surface area contributed by atoms with Crippen molar-refractivity contribution >= 4 is 5.91 Å². The average Bonchev–Trinajstić information content (AvgIpc) is 2.74. The van der Waals surface area contributed by atoms with E-state index in [0.29, 0.717) is 17.2 Å². The van der Waals surface area contributed by atoms with Crippen LogP contribution in [0, 0.1) is 10.8 Å². The molecule has 23 heavy (non-hydrogen) atoms. The summed E-state index contributed by atoms with van der Waals surface area (Å²) in [6, 6.07) is 7.71. The van der Waals surface area contributed by atoms with E-state index in [4.69, 9.17) is 9.47 Å². The molecule has 0 radical (unpaired) electrons. The third-order valence-corrected chi connectivity index (χ3v) is 5.16. The molecule has 4 nitrogen and oxygen atoms in total. The largest absolute Gasteiger partial charge is 0.497 e. The Morgan fingerprint density at radius 3 is 2.48 bits per heavy atom. The molecule has 2 atom stereocenters. The van der Waals surface area contributed by atoms with Crippen LogP contribution in [-0.4, -0.2) is 37.1 Å². The van der Waals surface area contributed by atoms with Crippen molar-refractivity contribution in [1.29, 1.82) is 0 Å². The van der Waals surface area contributed by atoms with Crippen LogP contribution in [0.3, 0.4) is 0 Å². The van der Waals surface area contributed by atoms with Crippen LogP contribution in [0.1, 0.15) is 40.0 Å². The first-order valence-corrected chi connectivity index (χ1v) is 8.37. The summed E-state index contributed by atoms with van der Waals surface area (Å²) in [6.45, 7) is 7.93. The molecular weight excluding hydrogens is 290 g/mol. The molecule has 1 saturated heterocycles. The maximum absolute atomic E-state index is 12.6. The molecule has 1 aliphatic carbocycles. The molecule has 0 unspecified atom stereocenters. The number of amides is 1. The lowest BCUT2D eigenvalue weighted by Crippen LogP contribution is -2.40. The topological polar surface area (TPSA) is 38.8 Å². The Kier molecular flexibility index (Phi) is 4.03. The predicted molar refractivity (Wildman–Crippen MR) is 89.7 cm³/mol. The van der Waals surface area contributed by atoms with Gasteiger partial charge in [-0.2, -0.15) is 0 Å². The number of hydrogen-bond acceptors (Lipinski definition) is 3. The van der Waals surface area contributed by atoms with Gasteiger partial charge in [-0.3, -0.25) is 4.79 Å². The Balaban J connectivity index is 1.60. The maximum atomic E-state index is 12.6. The normalized spacial score (nSPS) is 28.5. The van der Waals surface area contributed by atoms with Gasteiger partial charge in [0.25, 0.3) is 5.91 Å². The first-order chi connectivity index (χ1) is 10.8. The highest BCUT2D eigenvalue weighted by Crippen LogP contribution is 2.52. The van der Waals surface area contributed by atoms with Crippen molar-refractivity contribution in [1.82, 2.24) is 4.90 Å². The van der Waals surface area contributed by atoms with Crippen LogP contribution >= 0.6 is 0 Å². The minimum absolute atomic E-state index is 0.104. The number of fused-ring (bicyclic) bond motifs is 2. The summed E-state index contributed by atoms with van der Waals surface area (Å²) >= 11 is 0. The summed E-state index contributed by atoms with van der Waals surface area (Å²) < 4.78 is 10.8. The third-order valence-electron chi connectivity index (χ3n) is 5.16. The molecule has 0 N–H and O–H groups in total. The van der Waals surface area contributed by atoms with Gasteiger partial charge in [0.05, 0.1) is 7.11 Å². The molecule has 0 spiro atoms. The molecule has 1 aliphatic heterocycles. The second-order valence-electron chi connectivity index (χ2n) is 8.20. The number of benzene rings is 1. The molecule has 1 aromatic rings. The molecular formula is C19H27NO3. The van der Waals surface area contributed by atoms with E-state index in [1.165, 1.54) is 6.42 Å². The van der Waals surface area contributed by atoms with Gasteiger partial charge < -0.3 is 14.4 Å². The zero-order valence-electron chi connectivity index (χ0n) is 14.6. The Morgan fingerprint density at radius 2 is 1.83 bits per heavy atom. The number of carbonyl (C=O) groups excluding carboxylic acids is 1. The van der Waals surface area contributed by atoms with Gasteiger partial charge in [-0.25, -0.2) is 0 Å². The minimum atomic E-state index is 0.104. The van der Waals surface area contributed by atoms with E-state index < -0.39 is 0 Å². The molecule has 1 saturated carbocycles. The standard InChI is InChI=1S/C19H27NO3/c1-18(2)9-14-10-19(3,12-18)13-20(14)17(21)11-23-16-7-5-15(22-4)6-8-16/h5-8,14H,9-13H2,1-4H3/t14-,19-/m0/s1. The van der Waals surface area contributed by atoms with Crippen molar-refractivity contribution in [3.05, 3.63) is 24.3 Å². The van der Waals surface area contributed by atoms with Gasteiger partial charge >= 0.3 is 0 Å². The van der Waals surface area contributed by atoms with Gasteiger partial charge in [-0.05, 0) is 54.4 Å². The first-order valence-electron chi connectivity index (χ1n) is 8.37. The van der Waals surface area contributed by atoms with E-state index in [0.717, 1.165) is 25.1 Å². The van der Waals surface area contributed by atoms with Crippen LogP contribution in [0.15, 0.2) is 24.3 Å². The van der Waals surface area contributed by atoms with Gasteiger partial charge in [0.1, 0.15) is 11.5 Å². The number of rotatable bonds is 4. The number of ether oxygens (including phenoxy) is 2. The first kappa shape index (κ1) is 16.2. The molecule has 2 fully saturated rings. The van der Waals surface area contributed by atoms with Crippen molar-refractivity contribution in [2.45, 2.75) is 46.1 Å². The molecule has 126 valence electrons. The van der Waals surface area contributed by atoms with E-state index in [9.17, 15) is 4.79 Å². The molecule has 2 bridgehead atoms. The summed E-state index contributed by atoms with van der Waals surface area (Å²) in [7, 11) is 1.63. The quantitative estimate of drug-likeness (QED) is 0.853. The highest BCUT2D eigenvalue weighted by Gasteiger charge is 2.50. The number of carbonyl (C=O) groups is 1. The molecule has 3 rings (SSSR count). The number of hydrogen-bond donors (Lipinski definition) is 0. The Labute approximate surface area is 138 Å². The van der Waals surface area contributed by atoms with E-state index in [1.54, 1.807) is 7.11 Å². The van der Waals surface area contributed by atoms with Gasteiger partial charge in [-0.15, -0.1) is 0 Å². The Morgan fingerprint density at radius 1 is 1.17 bits per heavy atom. The van der Waals surface area contributed by atoms with Gasteiger partial charge in [-0.1, -0.05) is 20.8 Å². The van der Waals surface area contributed by atoms with Gasteiger partial charge in [0.15, 0.2) is 6.61 Å². The van der Waals surface area contributed by atoms with E-state index >= 15 is 0 Å². The van der Waals surface area contributed by atoms with Crippen LogP contribution in [0.2, 0.25) is 0 Å². The fraction of sp³-hybridized carbons (Fsp3) is 0.632. The highest BCUT2D eigenvalue weighted by molar-refractivity contribution is 5.78. The van der Waals surface area contributed by atoms with Gasteiger partial charge in [0.2, 0.25) is 0 Å². The van der Waals surface area contributed by atoms with Crippen molar-refractivity contribution in [3.63, 3.8) is 0 Å². The summed E-state index contributed by atoms with van der Waals surface area (Å²) in [5.41, 5.74) is 0.589. The molecule has 4 heteroatoms. The maximum Gasteiger partial charge on any atom is 0.260 e. The molecule has 0 aromatic heterocycles. The van der Waals surface area contributed by atoms with Crippen LogP contribution < -0.4 is 9.47 Å². The average molecular weight is 317 g/mol. The molecule has 1 aromatic carbocycles. The van der Waals surface area contributed by atoms with Crippen LogP contribution in [-0.2, 0) is 4.79 Å².